The van der Waals surface area contributed by atoms with Gasteiger partial charge in [0, 0.05) is 19.0 Å². The van der Waals surface area contributed by atoms with Crippen LogP contribution in [-0.4, -0.2) is 28.0 Å². The van der Waals surface area contributed by atoms with Crippen molar-refractivity contribution in [2.45, 2.75) is 18.9 Å². The second-order valence-corrected chi connectivity index (χ2v) is 6.11. The lowest BCUT2D eigenvalue weighted by Gasteiger charge is -2.15. The maximum Gasteiger partial charge on any atom is 0.159 e. The summed E-state index contributed by atoms with van der Waals surface area (Å²) in [5, 5.41) is 0. The molecule has 1 atom stereocenters. The molecule has 0 radical (unpaired) electrons. The third-order valence-corrected chi connectivity index (χ3v) is 4.46. The summed E-state index contributed by atoms with van der Waals surface area (Å²) in [6.45, 7) is 2.44. The molecule has 2 heterocycles. The first-order valence-corrected chi connectivity index (χ1v) is 7.80. The summed E-state index contributed by atoms with van der Waals surface area (Å²) in [5.74, 6) is -0.211. The van der Waals surface area contributed by atoms with E-state index in [1.807, 2.05) is 24.3 Å². The predicted molar refractivity (Wildman–Crippen MR) is 85.1 cm³/mol. The second-order valence-electron chi connectivity index (χ2n) is 6.11. The van der Waals surface area contributed by atoms with Gasteiger partial charge in [-0.05, 0) is 42.8 Å². The number of fused-ring (bicyclic) bond motifs is 1. The van der Waals surface area contributed by atoms with Crippen molar-refractivity contribution in [3.63, 3.8) is 0 Å². The van der Waals surface area contributed by atoms with E-state index in [2.05, 4.69) is 14.9 Å². The largest absolute Gasteiger partial charge is 0.342 e. The van der Waals surface area contributed by atoms with Crippen molar-refractivity contribution in [2.24, 2.45) is 0 Å². The third-order valence-electron chi connectivity index (χ3n) is 4.46. The van der Waals surface area contributed by atoms with Crippen LogP contribution in [0.1, 0.15) is 23.7 Å². The molecule has 0 saturated carbocycles. The fraction of sp³-hybridized carbons (Fsp3) is 0.278. The zero-order chi connectivity index (χ0) is 15.8. The number of imidazole rings is 1. The van der Waals surface area contributed by atoms with Crippen LogP contribution in [0.3, 0.4) is 0 Å². The lowest BCUT2D eigenvalue weighted by atomic mass is 10.1. The number of nitrogens with zero attached hydrogens (tertiary/aromatic N) is 2. The second kappa shape index (κ2) is 5.74. The van der Waals surface area contributed by atoms with Crippen LogP contribution in [-0.2, 0) is 6.54 Å². The first-order chi connectivity index (χ1) is 11.2. The van der Waals surface area contributed by atoms with Gasteiger partial charge in [0.25, 0.3) is 0 Å². The molecule has 1 N–H and O–H groups in total. The van der Waals surface area contributed by atoms with Crippen LogP contribution in [0.15, 0.2) is 42.5 Å². The highest BCUT2D eigenvalue weighted by atomic mass is 19.2. The van der Waals surface area contributed by atoms with Crippen molar-refractivity contribution < 1.29 is 8.78 Å². The smallest absolute Gasteiger partial charge is 0.159 e. The summed E-state index contributed by atoms with van der Waals surface area (Å²) in [7, 11) is 0. The van der Waals surface area contributed by atoms with E-state index in [-0.39, 0.29) is 0 Å². The van der Waals surface area contributed by atoms with Gasteiger partial charge < -0.3 is 4.98 Å². The van der Waals surface area contributed by atoms with Gasteiger partial charge in [0.2, 0.25) is 0 Å². The molecule has 118 valence electrons. The molecule has 3 nitrogen and oxygen atoms in total. The molecule has 2 aromatic carbocycles. The van der Waals surface area contributed by atoms with Crippen molar-refractivity contribution in [2.75, 3.05) is 13.1 Å². The summed E-state index contributed by atoms with van der Waals surface area (Å²) in [6, 6.07) is 12.1. The van der Waals surface area contributed by atoms with Gasteiger partial charge in [-0.15, -0.1) is 0 Å². The first kappa shape index (κ1) is 14.3. The Kier molecular flexibility index (Phi) is 3.58. The number of H-pyrrole nitrogens is 1. The van der Waals surface area contributed by atoms with Crippen LogP contribution >= 0.6 is 0 Å². The van der Waals surface area contributed by atoms with E-state index in [9.17, 15) is 8.78 Å². The summed E-state index contributed by atoms with van der Waals surface area (Å²) >= 11 is 0. The predicted octanol–water partition coefficient (Wildman–Crippen LogP) is 3.83. The Morgan fingerprint density at radius 2 is 2.00 bits per heavy atom. The fourth-order valence-corrected chi connectivity index (χ4v) is 3.26. The lowest BCUT2D eigenvalue weighted by Crippen LogP contribution is -2.20. The minimum Gasteiger partial charge on any atom is -0.342 e. The lowest BCUT2D eigenvalue weighted by molar-refractivity contribution is 0.325. The molecular formula is C18H17F2N3. The monoisotopic (exact) mass is 313 g/mol. The molecule has 1 aliphatic heterocycles. The van der Waals surface area contributed by atoms with Crippen LogP contribution in [0, 0.1) is 11.6 Å². The Hall–Kier alpha value is -2.27. The Labute approximate surface area is 133 Å². The van der Waals surface area contributed by atoms with Crippen LogP contribution in [0.25, 0.3) is 11.0 Å². The molecule has 0 amide bonds. The Bertz CT molecular complexity index is 810. The topological polar surface area (TPSA) is 31.9 Å². The number of hydrogen-bond donors (Lipinski definition) is 1. The van der Waals surface area contributed by atoms with Gasteiger partial charge in [-0.25, -0.2) is 13.8 Å². The summed E-state index contributed by atoms with van der Waals surface area (Å²) in [6.07, 6.45) is 1.02. The van der Waals surface area contributed by atoms with Gasteiger partial charge in [0.05, 0.1) is 11.0 Å². The van der Waals surface area contributed by atoms with Crippen LogP contribution in [0.2, 0.25) is 0 Å². The Morgan fingerprint density at radius 1 is 1.13 bits per heavy atom. The highest BCUT2D eigenvalue weighted by Crippen LogP contribution is 2.28. The highest BCUT2D eigenvalue weighted by Gasteiger charge is 2.26. The van der Waals surface area contributed by atoms with Crippen LogP contribution in [0.5, 0.6) is 0 Å². The standard InChI is InChI=1S/C18H17F2N3/c19-14-6-5-12(9-15(14)20)10-23-8-7-13(11-23)18-21-16-3-1-2-4-17(16)22-18/h1-6,9,13H,7-8,10-11H2,(H,21,22). The van der Waals surface area contributed by atoms with E-state index in [0.29, 0.717) is 12.5 Å². The zero-order valence-electron chi connectivity index (χ0n) is 12.6. The third kappa shape index (κ3) is 2.84. The van der Waals surface area contributed by atoms with Gasteiger partial charge in [0.1, 0.15) is 5.82 Å². The minimum absolute atomic E-state index is 0.354. The Morgan fingerprint density at radius 3 is 2.83 bits per heavy atom. The molecule has 0 bridgehead atoms. The maximum absolute atomic E-state index is 13.3. The quantitative estimate of drug-likeness (QED) is 0.797. The maximum atomic E-state index is 13.3. The van der Waals surface area contributed by atoms with Gasteiger partial charge in [-0.3, -0.25) is 4.90 Å². The molecule has 3 aromatic rings. The van der Waals surface area contributed by atoms with E-state index >= 15 is 0 Å². The number of para-hydroxylation sites is 2. The number of halogens is 2. The summed E-state index contributed by atoms with van der Waals surface area (Å²) in [4.78, 5) is 10.3. The van der Waals surface area contributed by atoms with Crippen molar-refractivity contribution in [3.8, 4) is 0 Å². The van der Waals surface area contributed by atoms with E-state index < -0.39 is 11.6 Å². The summed E-state index contributed by atoms with van der Waals surface area (Å²) < 4.78 is 26.3. The number of hydrogen-bond acceptors (Lipinski definition) is 2. The molecular weight excluding hydrogens is 296 g/mol. The van der Waals surface area contributed by atoms with Gasteiger partial charge >= 0.3 is 0 Å². The van der Waals surface area contributed by atoms with Gasteiger partial charge in [-0.1, -0.05) is 18.2 Å². The molecule has 1 unspecified atom stereocenters. The molecule has 4 rings (SSSR count). The zero-order valence-corrected chi connectivity index (χ0v) is 12.6. The van der Waals surface area contributed by atoms with Crippen molar-refractivity contribution in [1.82, 2.24) is 14.9 Å². The number of aromatic amines is 1. The van der Waals surface area contributed by atoms with E-state index in [1.165, 1.54) is 12.1 Å². The molecule has 1 aliphatic rings. The molecule has 1 saturated heterocycles. The van der Waals surface area contributed by atoms with E-state index in [4.69, 9.17) is 0 Å². The molecule has 0 aliphatic carbocycles. The molecule has 23 heavy (non-hydrogen) atoms. The van der Waals surface area contributed by atoms with Crippen molar-refractivity contribution in [1.29, 1.82) is 0 Å². The molecule has 1 fully saturated rings. The number of aromatic nitrogens is 2. The number of rotatable bonds is 3. The molecule has 1 aromatic heterocycles. The molecule has 5 heteroatoms. The summed E-state index contributed by atoms with van der Waals surface area (Å²) in [5.41, 5.74) is 2.84. The average molecular weight is 313 g/mol. The first-order valence-electron chi connectivity index (χ1n) is 7.80. The Balaban J connectivity index is 1.47. The van der Waals surface area contributed by atoms with Crippen LogP contribution in [0.4, 0.5) is 8.78 Å². The normalized spacial score (nSPS) is 18.8. The average Bonchev–Trinajstić information content (AvgIpc) is 3.17. The van der Waals surface area contributed by atoms with Crippen molar-refractivity contribution in [3.05, 3.63) is 65.5 Å². The van der Waals surface area contributed by atoms with Gasteiger partial charge in [0.15, 0.2) is 11.6 Å². The van der Waals surface area contributed by atoms with Crippen molar-refractivity contribution >= 4 is 11.0 Å². The van der Waals surface area contributed by atoms with E-state index in [0.717, 1.165) is 41.9 Å². The minimum atomic E-state index is -0.796. The van der Waals surface area contributed by atoms with Gasteiger partial charge in [-0.2, -0.15) is 0 Å². The number of benzene rings is 2. The number of likely N-dealkylation sites (tertiary alicyclic amines) is 1. The van der Waals surface area contributed by atoms with Crippen LogP contribution < -0.4 is 0 Å². The van der Waals surface area contributed by atoms with E-state index in [1.54, 1.807) is 6.07 Å². The highest BCUT2D eigenvalue weighted by molar-refractivity contribution is 5.74. The fourth-order valence-electron chi connectivity index (χ4n) is 3.26. The SMILES string of the molecule is Fc1ccc(CN2CCC(c3nc4ccccc4[nH]3)C2)cc1F. The molecule has 0 spiro atoms. The number of nitrogens with one attached hydrogen (secondary N) is 1.